The molecule has 1 aliphatic heterocycles. The van der Waals surface area contributed by atoms with E-state index in [4.69, 9.17) is 21.1 Å². The number of hydrogen-bond donors (Lipinski definition) is 0. The highest BCUT2D eigenvalue weighted by atomic mass is 35.5. The fraction of sp³-hybridized carbons (Fsp3) is 0.583. The van der Waals surface area contributed by atoms with Gasteiger partial charge in [-0.1, -0.05) is 0 Å². The summed E-state index contributed by atoms with van der Waals surface area (Å²) in [5, 5.41) is 2.17. The number of aryl methyl sites for hydroxylation is 1. The molecule has 0 aromatic carbocycles. The summed E-state index contributed by atoms with van der Waals surface area (Å²) in [6.07, 6.45) is 2.16. The summed E-state index contributed by atoms with van der Waals surface area (Å²) in [6, 6.07) is 0. The van der Waals surface area contributed by atoms with Gasteiger partial charge in [0.25, 0.3) is 0 Å². The molecule has 3 rings (SSSR count). The Balaban J connectivity index is 2.13. The van der Waals surface area contributed by atoms with E-state index in [1.54, 1.807) is 7.11 Å². The first kappa shape index (κ1) is 13.4. The summed E-state index contributed by atoms with van der Waals surface area (Å²) >= 11 is 5.88. The molecule has 2 aromatic rings. The van der Waals surface area contributed by atoms with Gasteiger partial charge in [0.1, 0.15) is 12.2 Å². The summed E-state index contributed by atoms with van der Waals surface area (Å²) in [5.41, 5.74) is 1.42. The normalized spacial score (nSPS) is 15.8. The second-order valence-corrected chi connectivity index (χ2v) is 4.78. The van der Waals surface area contributed by atoms with Crippen LogP contribution in [-0.4, -0.2) is 58.9 Å². The van der Waals surface area contributed by atoms with Crippen LogP contribution < -0.4 is 9.75 Å². The van der Waals surface area contributed by atoms with E-state index < -0.39 is 0 Å². The number of alkyl halides is 1. The highest BCUT2D eigenvalue weighted by molar-refractivity contribution is 6.17. The predicted molar refractivity (Wildman–Crippen MR) is 75.1 cm³/mol. The van der Waals surface area contributed by atoms with Crippen molar-refractivity contribution in [3.8, 4) is 5.88 Å². The maximum absolute atomic E-state index is 5.88. The third-order valence-electron chi connectivity index (χ3n) is 3.24. The standard InChI is InChI=1S/C12H16ClN5O2/c1-19-12-10-11(14-8-15-12)18(9(16-10)2-3-13)17-4-6-20-7-5-17/h8H,2-7H2,1H3. The van der Waals surface area contributed by atoms with Crippen LogP contribution in [0.2, 0.25) is 0 Å². The smallest absolute Gasteiger partial charge is 0.245 e. The Morgan fingerprint density at radius 2 is 2.15 bits per heavy atom. The second-order valence-electron chi connectivity index (χ2n) is 4.40. The Labute approximate surface area is 121 Å². The number of methoxy groups -OCH3 is 1. The minimum Gasteiger partial charge on any atom is -0.479 e. The number of fused-ring (bicyclic) bond motifs is 1. The van der Waals surface area contributed by atoms with Crippen LogP contribution in [0.4, 0.5) is 0 Å². The Kier molecular flexibility index (Phi) is 3.88. The van der Waals surface area contributed by atoms with Crippen LogP contribution >= 0.6 is 11.6 Å². The topological polar surface area (TPSA) is 65.3 Å². The van der Waals surface area contributed by atoms with Crippen LogP contribution in [0.15, 0.2) is 6.33 Å². The molecular weight excluding hydrogens is 282 g/mol. The lowest BCUT2D eigenvalue weighted by molar-refractivity contribution is 0.111. The quantitative estimate of drug-likeness (QED) is 0.770. The number of aromatic nitrogens is 4. The van der Waals surface area contributed by atoms with E-state index in [0.717, 1.165) is 24.6 Å². The molecular formula is C12H16ClN5O2. The fourth-order valence-corrected chi connectivity index (χ4v) is 2.52. The lowest BCUT2D eigenvalue weighted by Crippen LogP contribution is -2.44. The van der Waals surface area contributed by atoms with E-state index in [2.05, 4.69) is 20.0 Å². The molecule has 20 heavy (non-hydrogen) atoms. The number of nitrogens with zero attached hydrogens (tertiary/aromatic N) is 5. The number of hydrogen-bond acceptors (Lipinski definition) is 6. The van der Waals surface area contributed by atoms with Gasteiger partial charge >= 0.3 is 0 Å². The Morgan fingerprint density at radius 1 is 1.35 bits per heavy atom. The van der Waals surface area contributed by atoms with E-state index >= 15 is 0 Å². The molecule has 1 fully saturated rings. The van der Waals surface area contributed by atoms with E-state index in [0.29, 0.717) is 36.9 Å². The van der Waals surface area contributed by atoms with Gasteiger partial charge < -0.3 is 14.5 Å². The molecule has 3 heterocycles. The molecule has 0 spiro atoms. The first-order valence-electron chi connectivity index (χ1n) is 6.50. The maximum Gasteiger partial charge on any atom is 0.245 e. The third-order valence-corrected chi connectivity index (χ3v) is 3.43. The first-order chi connectivity index (χ1) is 9.85. The zero-order valence-corrected chi connectivity index (χ0v) is 12.0. The van der Waals surface area contributed by atoms with Crippen LogP contribution in [0.5, 0.6) is 5.88 Å². The van der Waals surface area contributed by atoms with Crippen LogP contribution in [0, 0.1) is 0 Å². The molecule has 108 valence electrons. The minimum absolute atomic E-state index is 0.484. The summed E-state index contributed by atoms with van der Waals surface area (Å²) in [6.45, 7) is 2.99. The molecule has 1 saturated heterocycles. The van der Waals surface area contributed by atoms with Crippen molar-refractivity contribution >= 4 is 22.8 Å². The van der Waals surface area contributed by atoms with Gasteiger partial charge in [-0.3, -0.25) is 0 Å². The van der Waals surface area contributed by atoms with E-state index in [9.17, 15) is 0 Å². The number of imidazole rings is 1. The van der Waals surface area contributed by atoms with Crippen molar-refractivity contribution in [1.29, 1.82) is 0 Å². The zero-order chi connectivity index (χ0) is 13.9. The highest BCUT2D eigenvalue weighted by Gasteiger charge is 2.21. The Morgan fingerprint density at radius 3 is 2.85 bits per heavy atom. The molecule has 0 bridgehead atoms. The average molecular weight is 298 g/mol. The number of halogens is 1. The van der Waals surface area contributed by atoms with Crippen LogP contribution in [-0.2, 0) is 11.2 Å². The largest absolute Gasteiger partial charge is 0.479 e. The summed E-state index contributed by atoms with van der Waals surface area (Å²) in [7, 11) is 1.58. The lowest BCUT2D eigenvalue weighted by Gasteiger charge is -2.30. The first-order valence-corrected chi connectivity index (χ1v) is 7.04. The molecule has 0 aliphatic carbocycles. The van der Waals surface area contributed by atoms with Crippen LogP contribution in [0.25, 0.3) is 11.2 Å². The van der Waals surface area contributed by atoms with E-state index in [-0.39, 0.29) is 0 Å². The predicted octanol–water partition coefficient (Wildman–Crippen LogP) is 0.584. The molecule has 0 atom stereocenters. The second kappa shape index (κ2) is 5.80. The van der Waals surface area contributed by atoms with Crippen molar-refractivity contribution in [2.75, 3.05) is 44.3 Å². The van der Waals surface area contributed by atoms with Gasteiger partial charge in [0.15, 0.2) is 11.2 Å². The molecule has 0 N–H and O–H groups in total. The van der Waals surface area contributed by atoms with Gasteiger partial charge in [-0.15, -0.1) is 11.6 Å². The lowest BCUT2D eigenvalue weighted by atomic mass is 10.4. The van der Waals surface area contributed by atoms with E-state index in [1.807, 2.05) is 4.68 Å². The Hall–Kier alpha value is -1.60. The number of ether oxygens (including phenoxy) is 2. The number of morpholine rings is 1. The van der Waals surface area contributed by atoms with Crippen molar-refractivity contribution in [3.05, 3.63) is 12.2 Å². The van der Waals surface area contributed by atoms with Gasteiger partial charge in [0.05, 0.1) is 33.4 Å². The van der Waals surface area contributed by atoms with Crippen molar-refractivity contribution in [1.82, 2.24) is 19.6 Å². The summed E-state index contributed by atoms with van der Waals surface area (Å²) in [4.78, 5) is 13.0. The molecule has 0 saturated carbocycles. The van der Waals surface area contributed by atoms with Crippen molar-refractivity contribution < 1.29 is 9.47 Å². The number of rotatable bonds is 4. The summed E-state index contributed by atoms with van der Waals surface area (Å²) in [5.74, 6) is 1.86. The monoisotopic (exact) mass is 297 g/mol. The van der Waals surface area contributed by atoms with Gasteiger partial charge in [-0.25, -0.2) is 14.6 Å². The molecule has 1 aliphatic rings. The van der Waals surface area contributed by atoms with Gasteiger partial charge in [0, 0.05) is 12.3 Å². The Bertz CT molecular complexity index is 597. The molecule has 0 unspecified atom stereocenters. The summed E-state index contributed by atoms with van der Waals surface area (Å²) < 4.78 is 12.7. The van der Waals surface area contributed by atoms with Gasteiger partial charge in [-0.05, 0) is 0 Å². The molecule has 2 aromatic heterocycles. The van der Waals surface area contributed by atoms with E-state index in [1.165, 1.54) is 6.33 Å². The van der Waals surface area contributed by atoms with Gasteiger partial charge in [-0.2, -0.15) is 4.98 Å². The third kappa shape index (κ3) is 2.27. The SMILES string of the molecule is COc1ncnc2c1nc(CCCl)n2N1CCOCC1. The van der Waals surface area contributed by atoms with Crippen molar-refractivity contribution in [2.24, 2.45) is 0 Å². The van der Waals surface area contributed by atoms with Crippen LogP contribution in [0.1, 0.15) is 5.82 Å². The molecule has 8 heteroatoms. The fourth-order valence-electron chi connectivity index (χ4n) is 2.35. The molecule has 0 amide bonds. The van der Waals surface area contributed by atoms with Crippen molar-refractivity contribution in [2.45, 2.75) is 6.42 Å². The molecule has 0 radical (unpaired) electrons. The highest BCUT2D eigenvalue weighted by Crippen LogP contribution is 2.22. The maximum atomic E-state index is 5.88. The molecule has 7 nitrogen and oxygen atoms in total. The average Bonchev–Trinajstić information content (AvgIpc) is 2.86. The van der Waals surface area contributed by atoms with Crippen LogP contribution in [0.3, 0.4) is 0 Å². The minimum atomic E-state index is 0.484. The van der Waals surface area contributed by atoms with Gasteiger partial charge in [0.2, 0.25) is 5.88 Å². The zero-order valence-electron chi connectivity index (χ0n) is 11.3. The van der Waals surface area contributed by atoms with Crippen molar-refractivity contribution in [3.63, 3.8) is 0 Å².